The van der Waals surface area contributed by atoms with Gasteiger partial charge >= 0.3 is 0 Å². The molecule has 1 amide bonds. The molecule has 1 atom stereocenters. The van der Waals surface area contributed by atoms with E-state index in [4.69, 9.17) is 19.2 Å². The summed E-state index contributed by atoms with van der Waals surface area (Å²) in [5.41, 5.74) is 2.11. The second-order valence-electron chi connectivity index (χ2n) is 7.32. The lowest BCUT2D eigenvalue weighted by molar-refractivity contribution is -0.142. The van der Waals surface area contributed by atoms with Crippen molar-refractivity contribution in [2.24, 2.45) is 0 Å². The highest BCUT2D eigenvalue weighted by atomic mass is 32.1. The van der Waals surface area contributed by atoms with Gasteiger partial charge in [0.1, 0.15) is 11.1 Å². The van der Waals surface area contributed by atoms with E-state index in [-0.39, 0.29) is 18.8 Å². The largest absolute Gasteiger partial charge is 0.454 e. The first-order valence-electron chi connectivity index (χ1n) is 9.73. The Morgan fingerprint density at radius 1 is 1.18 bits per heavy atom. The number of aromatic nitrogens is 1. The minimum absolute atomic E-state index is 0.163. The molecular weight excluding hydrogens is 378 g/mol. The normalized spacial score (nSPS) is 22.0. The van der Waals surface area contributed by atoms with E-state index in [2.05, 4.69) is 10.3 Å². The molecule has 0 aliphatic carbocycles. The molecule has 2 saturated heterocycles. The molecule has 0 saturated carbocycles. The van der Waals surface area contributed by atoms with Crippen LogP contribution in [0.25, 0.3) is 10.6 Å². The van der Waals surface area contributed by atoms with E-state index in [1.807, 2.05) is 23.1 Å². The summed E-state index contributed by atoms with van der Waals surface area (Å²) in [5.74, 6) is 1.73. The van der Waals surface area contributed by atoms with Gasteiger partial charge < -0.3 is 19.1 Å². The highest BCUT2D eigenvalue weighted by Gasteiger charge is 2.30. The van der Waals surface area contributed by atoms with Gasteiger partial charge in [0, 0.05) is 50.3 Å². The average Bonchev–Trinajstić information content (AvgIpc) is 3.48. The van der Waals surface area contributed by atoms with Gasteiger partial charge in [-0.1, -0.05) is 0 Å². The molecule has 7 nitrogen and oxygen atoms in total. The molecule has 1 aromatic carbocycles. The topological polar surface area (TPSA) is 64.1 Å². The number of carbonyl (C=O) groups excluding carboxylic acids is 1. The van der Waals surface area contributed by atoms with Crippen LogP contribution in [-0.4, -0.2) is 66.4 Å². The number of piperazine rings is 1. The van der Waals surface area contributed by atoms with Gasteiger partial charge in [0.2, 0.25) is 6.79 Å². The first-order chi connectivity index (χ1) is 13.8. The van der Waals surface area contributed by atoms with E-state index >= 15 is 0 Å². The van der Waals surface area contributed by atoms with Crippen LogP contribution in [0.5, 0.6) is 11.5 Å². The molecule has 0 unspecified atom stereocenters. The summed E-state index contributed by atoms with van der Waals surface area (Å²) in [7, 11) is 0. The third kappa shape index (κ3) is 3.59. The summed E-state index contributed by atoms with van der Waals surface area (Å²) in [4.78, 5) is 21.6. The van der Waals surface area contributed by atoms with Crippen LogP contribution in [0.1, 0.15) is 18.5 Å². The predicted molar refractivity (Wildman–Crippen MR) is 105 cm³/mol. The highest BCUT2D eigenvalue weighted by Crippen LogP contribution is 2.36. The van der Waals surface area contributed by atoms with Gasteiger partial charge in [-0.3, -0.25) is 9.69 Å². The van der Waals surface area contributed by atoms with E-state index in [1.54, 1.807) is 11.3 Å². The molecular formula is C20H23N3O4S. The summed E-state index contributed by atoms with van der Waals surface area (Å²) in [6.07, 6.45) is 1.64. The number of nitrogens with zero attached hydrogens (tertiary/aromatic N) is 3. The number of rotatable bonds is 4. The molecule has 28 heavy (non-hydrogen) atoms. The second kappa shape index (κ2) is 7.69. The number of ether oxygens (including phenoxy) is 3. The van der Waals surface area contributed by atoms with Crippen LogP contribution in [0.3, 0.4) is 0 Å². The lowest BCUT2D eigenvalue weighted by atomic mass is 10.2. The zero-order valence-corrected chi connectivity index (χ0v) is 16.5. The van der Waals surface area contributed by atoms with Crippen molar-refractivity contribution in [1.82, 2.24) is 14.8 Å². The van der Waals surface area contributed by atoms with Gasteiger partial charge in [0.25, 0.3) is 5.91 Å². The number of hydrogen-bond donors (Lipinski definition) is 0. The van der Waals surface area contributed by atoms with Crippen molar-refractivity contribution in [2.75, 3.05) is 39.6 Å². The molecule has 148 valence electrons. The first kappa shape index (κ1) is 17.9. The lowest BCUT2D eigenvalue weighted by Crippen LogP contribution is -2.51. The average molecular weight is 401 g/mol. The van der Waals surface area contributed by atoms with Gasteiger partial charge in [-0.2, -0.15) is 0 Å². The van der Waals surface area contributed by atoms with E-state index in [9.17, 15) is 4.79 Å². The molecule has 8 heteroatoms. The Balaban J connectivity index is 1.17. The predicted octanol–water partition coefficient (Wildman–Crippen LogP) is 2.36. The summed E-state index contributed by atoms with van der Waals surface area (Å²) < 4.78 is 16.4. The van der Waals surface area contributed by atoms with Crippen LogP contribution in [0, 0.1) is 0 Å². The van der Waals surface area contributed by atoms with E-state index < -0.39 is 0 Å². The fourth-order valence-corrected chi connectivity index (χ4v) is 4.68. The Morgan fingerprint density at radius 3 is 2.86 bits per heavy atom. The maximum atomic E-state index is 12.5. The molecule has 2 aromatic rings. The molecule has 2 fully saturated rings. The number of amides is 1. The van der Waals surface area contributed by atoms with Gasteiger partial charge in [-0.25, -0.2) is 4.98 Å². The van der Waals surface area contributed by atoms with Crippen molar-refractivity contribution in [3.05, 3.63) is 29.3 Å². The van der Waals surface area contributed by atoms with Crippen LogP contribution in [-0.2, 0) is 16.1 Å². The lowest BCUT2D eigenvalue weighted by Gasteiger charge is -2.35. The molecule has 0 radical (unpaired) electrons. The number of fused-ring (bicyclic) bond motifs is 1. The fourth-order valence-electron chi connectivity index (χ4n) is 3.87. The first-order valence-corrected chi connectivity index (χ1v) is 10.6. The second-order valence-corrected chi connectivity index (χ2v) is 8.17. The molecule has 0 N–H and O–H groups in total. The minimum atomic E-state index is -0.214. The van der Waals surface area contributed by atoms with Gasteiger partial charge in [0.05, 0.1) is 5.69 Å². The minimum Gasteiger partial charge on any atom is -0.454 e. The Kier molecular flexibility index (Phi) is 4.92. The van der Waals surface area contributed by atoms with Crippen molar-refractivity contribution < 1.29 is 19.0 Å². The molecule has 3 aliphatic heterocycles. The third-order valence-electron chi connectivity index (χ3n) is 5.45. The maximum Gasteiger partial charge on any atom is 0.251 e. The third-order valence-corrected chi connectivity index (χ3v) is 6.39. The monoisotopic (exact) mass is 401 g/mol. The zero-order valence-electron chi connectivity index (χ0n) is 15.6. The highest BCUT2D eigenvalue weighted by molar-refractivity contribution is 7.13. The number of thiazole rings is 1. The van der Waals surface area contributed by atoms with Crippen molar-refractivity contribution in [2.45, 2.75) is 25.5 Å². The van der Waals surface area contributed by atoms with Crippen LogP contribution in [0.2, 0.25) is 0 Å². The van der Waals surface area contributed by atoms with E-state index in [1.165, 1.54) is 0 Å². The Bertz CT molecular complexity index is 857. The maximum absolute atomic E-state index is 12.5. The van der Waals surface area contributed by atoms with Gasteiger partial charge in [-0.05, 0) is 31.0 Å². The molecule has 0 bridgehead atoms. The van der Waals surface area contributed by atoms with Crippen LogP contribution in [0.4, 0.5) is 0 Å². The van der Waals surface area contributed by atoms with Crippen molar-refractivity contribution in [1.29, 1.82) is 0 Å². The van der Waals surface area contributed by atoms with Gasteiger partial charge in [-0.15, -0.1) is 11.3 Å². The van der Waals surface area contributed by atoms with Crippen LogP contribution in [0.15, 0.2) is 23.6 Å². The summed E-state index contributed by atoms with van der Waals surface area (Å²) in [5, 5.41) is 3.10. The molecule has 5 rings (SSSR count). The number of hydrogen-bond acceptors (Lipinski definition) is 7. The van der Waals surface area contributed by atoms with E-state index in [0.717, 1.165) is 73.3 Å². The quantitative estimate of drug-likeness (QED) is 0.784. The number of carbonyl (C=O) groups is 1. The zero-order chi connectivity index (χ0) is 18.9. The van der Waals surface area contributed by atoms with Crippen LogP contribution >= 0.6 is 11.3 Å². The summed E-state index contributed by atoms with van der Waals surface area (Å²) >= 11 is 1.64. The van der Waals surface area contributed by atoms with Crippen molar-refractivity contribution >= 4 is 17.2 Å². The Morgan fingerprint density at radius 2 is 2.04 bits per heavy atom. The Hall–Kier alpha value is -2.16. The molecule has 1 aromatic heterocycles. The van der Waals surface area contributed by atoms with Crippen molar-refractivity contribution in [3.8, 4) is 22.1 Å². The smallest absolute Gasteiger partial charge is 0.251 e. The standard InChI is InChI=1S/C20H23N3O4S/c24-20(17-2-1-9-25-17)23-7-5-22(6-8-23)11-15-12-28-19(21-15)14-3-4-16-18(10-14)27-13-26-16/h3-4,10,12,17H,1-2,5-9,11,13H2/t17-/m0/s1. The summed E-state index contributed by atoms with van der Waals surface area (Å²) in [6.45, 7) is 5.07. The number of benzene rings is 1. The summed E-state index contributed by atoms with van der Waals surface area (Å²) in [6, 6.07) is 5.94. The molecule has 4 heterocycles. The Labute approximate surface area is 167 Å². The van der Waals surface area contributed by atoms with E-state index in [0.29, 0.717) is 6.61 Å². The fraction of sp³-hybridized carbons (Fsp3) is 0.500. The van der Waals surface area contributed by atoms with Gasteiger partial charge in [0.15, 0.2) is 11.5 Å². The molecule has 0 spiro atoms. The van der Waals surface area contributed by atoms with Crippen molar-refractivity contribution in [3.63, 3.8) is 0 Å². The SMILES string of the molecule is O=C([C@@H]1CCCO1)N1CCN(Cc2csc(-c3ccc4c(c3)OCO4)n2)CC1. The van der Waals surface area contributed by atoms with Crippen LogP contribution < -0.4 is 9.47 Å². The molecule has 3 aliphatic rings.